The van der Waals surface area contributed by atoms with Crippen molar-refractivity contribution >= 4 is 15.9 Å². The van der Waals surface area contributed by atoms with Gasteiger partial charge in [0.05, 0.1) is 13.2 Å². The molecule has 1 aromatic heterocycles. The Morgan fingerprint density at radius 1 is 1.28 bits per heavy atom. The Labute approximate surface area is 115 Å². The van der Waals surface area contributed by atoms with Gasteiger partial charge in [0.15, 0.2) is 0 Å². The van der Waals surface area contributed by atoms with Gasteiger partial charge < -0.3 is 9.84 Å². The quantitative estimate of drug-likeness (QED) is 0.943. The molecule has 0 spiro atoms. The van der Waals surface area contributed by atoms with Gasteiger partial charge in [-0.3, -0.25) is 0 Å². The lowest BCUT2D eigenvalue weighted by atomic mass is 10.0. The van der Waals surface area contributed by atoms with Gasteiger partial charge in [-0.25, -0.2) is 4.98 Å². The van der Waals surface area contributed by atoms with Crippen molar-refractivity contribution in [3.8, 4) is 5.88 Å². The fraction of sp³-hybridized carbons (Fsp3) is 0.214. The van der Waals surface area contributed by atoms with E-state index in [9.17, 15) is 5.11 Å². The Morgan fingerprint density at radius 3 is 2.67 bits per heavy atom. The maximum absolute atomic E-state index is 10.2. The summed E-state index contributed by atoms with van der Waals surface area (Å²) in [6.07, 6.45) is 1.62. The molecule has 2 aromatic rings. The van der Waals surface area contributed by atoms with Crippen LogP contribution in [0.2, 0.25) is 0 Å². The average molecular weight is 308 g/mol. The monoisotopic (exact) mass is 307 g/mol. The number of aliphatic hydroxyl groups excluding tert-OH is 1. The molecule has 2 rings (SSSR count). The second kappa shape index (κ2) is 5.98. The van der Waals surface area contributed by atoms with Crippen molar-refractivity contribution < 1.29 is 9.84 Å². The van der Waals surface area contributed by atoms with Gasteiger partial charge in [0, 0.05) is 23.2 Å². The van der Waals surface area contributed by atoms with Gasteiger partial charge in [-0.1, -0.05) is 34.1 Å². The molecule has 3 nitrogen and oxygen atoms in total. The second-order valence-corrected chi connectivity index (χ2v) is 4.80. The molecule has 1 atom stereocenters. The molecule has 4 heteroatoms. The highest BCUT2D eigenvalue weighted by molar-refractivity contribution is 9.10. The Hall–Kier alpha value is -1.39. The third-order valence-corrected chi connectivity index (χ3v) is 3.50. The maximum atomic E-state index is 10.2. The number of aromatic nitrogens is 1. The van der Waals surface area contributed by atoms with Crippen LogP contribution in [0, 0.1) is 0 Å². The predicted molar refractivity (Wildman–Crippen MR) is 73.6 cm³/mol. The molecular formula is C14H14BrNO2. The summed E-state index contributed by atoms with van der Waals surface area (Å²) >= 11 is 3.47. The second-order valence-electron chi connectivity index (χ2n) is 3.95. The van der Waals surface area contributed by atoms with E-state index in [1.165, 1.54) is 0 Å². The van der Waals surface area contributed by atoms with Gasteiger partial charge in [-0.05, 0) is 23.3 Å². The fourth-order valence-corrected chi connectivity index (χ4v) is 2.15. The molecule has 0 radical (unpaired) electrons. The first kappa shape index (κ1) is 13.1. The summed E-state index contributed by atoms with van der Waals surface area (Å²) in [7, 11) is 1.57. The zero-order valence-electron chi connectivity index (χ0n) is 10.0. The molecule has 18 heavy (non-hydrogen) atoms. The SMILES string of the molecule is COc1ccc(C(O)Cc2ccccc2Br)cn1. The van der Waals surface area contributed by atoms with E-state index in [1.54, 1.807) is 19.4 Å². The van der Waals surface area contributed by atoms with Gasteiger partial charge in [-0.15, -0.1) is 0 Å². The molecule has 94 valence electrons. The summed E-state index contributed by atoms with van der Waals surface area (Å²) in [5, 5.41) is 10.2. The number of pyridine rings is 1. The Kier molecular flexibility index (Phi) is 4.33. The lowest BCUT2D eigenvalue weighted by Crippen LogP contribution is -2.03. The summed E-state index contributed by atoms with van der Waals surface area (Å²) < 4.78 is 5.99. The molecule has 0 aliphatic carbocycles. The van der Waals surface area contributed by atoms with E-state index < -0.39 is 6.10 Å². The van der Waals surface area contributed by atoms with Crippen molar-refractivity contribution in [1.29, 1.82) is 0 Å². The zero-order chi connectivity index (χ0) is 13.0. The lowest BCUT2D eigenvalue weighted by molar-refractivity contribution is 0.177. The summed E-state index contributed by atoms with van der Waals surface area (Å²) in [5.41, 5.74) is 1.85. The van der Waals surface area contributed by atoms with Crippen LogP contribution < -0.4 is 4.74 Å². The van der Waals surface area contributed by atoms with Crippen molar-refractivity contribution in [2.45, 2.75) is 12.5 Å². The van der Waals surface area contributed by atoms with E-state index in [-0.39, 0.29) is 0 Å². The van der Waals surface area contributed by atoms with Crippen LogP contribution in [0.25, 0.3) is 0 Å². The third-order valence-electron chi connectivity index (χ3n) is 2.72. The Balaban J connectivity index is 2.11. The van der Waals surface area contributed by atoms with Gasteiger partial charge in [-0.2, -0.15) is 0 Å². The van der Waals surface area contributed by atoms with Crippen molar-refractivity contribution in [1.82, 2.24) is 4.98 Å². The molecule has 0 amide bonds. The molecule has 1 N–H and O–H groups in total. The van der Waals surface area contributed by atoms with Crippen LogP contribution in [0.4, 0.5) is 0 Å². The predicted octanol–water partition coefficient (Wildman–Crippen LogP) is 3.13. The summed E-state index contributed by atoms with van der Waals surface area (Å²) in [6.45, 7) is 0. The number of hydrogen-bond acceptors (Lipinski definition) is 3. The first-order valence-corrected chi connectivity index (χ1v) is 6.41. The van der Waals surface area contributed by atoms with Crippen molar-refractivity contribution in [3.05, 3.63) is 58.2 Å². The van der Waals surface area contributed by atoms with Crippen LogP contribution in [0.3, 0.4) is 0 Å². The van der Waals surface area contributed by atoms with Crippen molar-refractivity contribution in [2.75, 3.05) is 7.11 Å². The molecule has 0 saturated heterocycles. The van der Waals surface area contributed by atoms with E-state index >= 15 is 0 Å². The van der Waals surface area contributed by atoms with Crippen LogP contribution in [0.5, 0.6) is 5.88 Å². The van der Waals surface area contributed by atoms with Crippen LogP contribution in [-0.2, 0) is 6.42 Å². The molecule has 0 aliphatic heterocycles. The van der Waals surface area contributed by atoms with Gasteiger partial charge in [0.25, 0.3) is 0 Å². The van der Waals surface area contributed by atoms with Gasteiger partial charge >= 0.3 is 0 Å². The third kappa shape index (κ3) is 3.09. The Bertz CT molecular complexity index is 513. The molecule has 1 unspecified atom stereocenters. The topological polar surface area (TPSA) is 42.4 Å². The molecule has 0 bridgehead atoms. The number of halogens is 1. The van der Waals surface area contributed by atoms with E-state index in [0.29, 0.717) is 12.3 Å². The van der Waals surface area contributed by atoms with E-state index in [4.69, 9.17) is 4.74 Å². The van der Waals surface area contributed by atoms with Crippen LogP contribution >= 0.6 is 15.9 Å². The minimum absolute atomic E-state index is 0.548. The molecule has 0 saturated carbocycles. The number of hydrogen-bond donors (Lipinski definition) is 1. The minimum Gasteiger partial charge on any atom is -0.481 e. The average Bonchev–Trinajstić information content (AvgIpc) is 2.41. The van der Waals surface area contributed by atoms with E-state index in [2.05, 4.69) is 20.9 Å². The van der Waals surface area contributed by atoms with Gasteiger partial charge in [0.1, 0.15) is 0 Å². The fourth-order valence-electron chi connectivity index (χ4n) is 1.70. The zero-order valence-corrected chi connectivity index (χ0v) is 11.6. The van der Waals surface area contributed by atoms with Gasteiger partial charge in [0.2, 0.25) is 5.88 Å². The molecule has 0 aliphatic rings. The maximum Gasteiger partial charge on any atom is 0.212 e. The number of nitrogens with zero attached hydrogens (tertiary/aromatic N) is 1. The molecule has 1 aromatic carbocycles. The first-order valence-electron chi connectivity index (χ1n) is 5.62. The highest BCUT2D eigenvalue weighted by Gasteiger charge is 2.11. The van der Waals surface area contributed by atoms with Crippen LogP contribution in [0.15, 0.2) is 47.1 Å². The number of methoxy groups -OCH3 is 1. The summed E-state index contributed by atoms with van der Waals surface area (Å²) in [5.74, 6) is 0.548. The molecule has 1 heterocycles. The number of aliphatic hydroxyl groups is 1. The highest BCUT2D eigenvalue weighted by Crippen LogP contribution is 2.23. The standard InChI is InChI=1S/C14H14BrNO2/c1-18-14-7-6-11(9-16-14)13(17)8-10-4-2-3-5-12(10)15/h2-7,9,13,17H,8H2,1H3. The number of benzene rings is 1. The Morgan fingerprint density at radius 2 is 2.06 bits per heavy atom. The van der Waals surface area contributed by atoms with E-state index in [0.717, 1.165) is 15.6 Å². The van der Waals surface area contributed by atoms with Crippen molar-refractivity contribution in [3.63, 3.8) is 0 Å². The number of ether oxygens (including phenoxy) is 1. The normalized spacial score (nSPS) is 12.2. The largest absolute Gasteiger partial charge is 0.481 e. The van der Waals surface area contributed by atoms with Crippen LogP contribution in [-0.4, -0.2) is 17.2 Å². The summed E-state index contributed by atoms with van der Waals surface area (Å²) in [4.78, 5) is 4.09. The lowest BCUT2D eigenvalue weighted by Gasteiger charge is -2.12. The minimum atomic E-state index is -0.567. The first-order chi connectivity index (χ1) is 8.70. The number of rotatable bonds is 4. The summed E-state index contributed by atoms with van der Waals surface area (Å²) in [6, 6.07) is 11.4. The van der Waals surface area contributed by atoms with Crippen molar-refractivity contribution in [2.24, 2.45) is 0 Å². The molecule has 0 fully saturated rings. The van der Waals surface area contributed by atoms with Crippen LogP contribution in [0.1, 0.15) is 17.2 Å². The smallest absolute Gasteiger partial charge is 0.212 e. The van der Waals surface area contributed by atoms with E-state index in [1.807, 2.05) is 30.3 Å². The highest BCUT2D eigenvalue weighted by atomic mass is 79.9. The molecular weight excluding hydrogens is 294 g/mol.